The number of ether oxygens (including phenoxy) is 1. The lowest BCUT2D eigenvalue weighted by Gasteiger charge is -1.97. The molecule has 0 amide bonds. The molecular weight excluding hydrogens is 154 g/mol. The summed E-state index contributed by atoms with van der Waals surface area (Å²) in [7, 11) is 0. The summed E-state index contributed by atoms with van der Waals surface area (Å²) < 4.78 is 4.96. The molecule has 1 heterocycles. The number of aromatic nitrogens is 3. The summed E-state index contributed by atoms with van der Waals surface area (Å²) in [6.07, 6.45) is 2.74. The molecule has 0 unspecified atom stereocenters. The van der Waals surface area contributed by atoms with Crippen molar-refractivity contribution in [2.75, 3.05) is 12.5 Å². The van der Waals surface area contributed by atoms with Gasteiger partial charge in [0.05, 0.1) is 5.88 Å². The van der Waals surface area contributed by atoms with Crippen LogP contribution in [0.2, 0.25) is 0 Å². The lowest BCUT2D eigenvalue weighted by Crippen LogP contribution is -2.01. The first-order valence-corrected chi connectivity index (χ1v) is 3.27. The molecule has 4 nitrogen and oxygen atoms in total. The molecule has 10 heavy (non-hydrogen) atoms. The monoisotopic (exact) mass is 159 g/mol. The summed E-state index contributed by atoms with van der Waals surface area (Å²) in [6.45, 7) is 0.422. The van der Waals surface area contributed by atoms with Crippen molar-refractivity contribution in [2.24, 2.45) is 0 Å². The van der Waals surface area contributed by atoms with Crippen molar-refractivity contribution in [3.8, 4) is 6.01 Å². The van der Waals surface area contributed by atoms with Gasteiger partial charge < -0.3 is 4.74 Å². The van der Waals surface area contributed by atoms with Crippen molar-refractivity contribution in [1.29, 1.82) is 0 Å². The van der Waals surface area contributed by atoms with Crippen LogP contribution >= 0.6 is 11.6 Å². The molecule has 0 N–H and O–H groups in total. The van der Waals surface area contributed by atoms with Gasteiger partial charge in [0.25, 0.3) is 0 Å². The van der Waals surface area contributed by atoms with E-state index in [1.54, 1.807) is 0 Å². The van der Waals surface area contributed by atoms with Crippen LogP contribution in [-0.2, 0) is 0 Å². The quantitative estimate of drug-likeness (QED) is 0.603. The zero-order valence-electron chi connectivity index (χ0n) is 5.20. The zero-order chi connectivity index (χ0) is 7.23. The average Bonchev–Trinajstić information content (AvgIpc) is 2.03. The Morgan fingerprint density at radius 3 is 2.70 bits per heavy atom. The largest absolute Gasteiger partial charge is 0.462 e. The van der Waals surface area contributed by atoms with E-state index in [9.17, 15) is 0 Å². The van der Waals surface area contributed by atoms with E-state index in [1.807, 2.05) is 0 Å². The molecule has 0 aliphatic carbocycles. The highest BCUT2D eigenvalue weighted by molar-refractivity contribution is 6.17. The van der Waals surface area contributed by atoms with Crippen molar-refractivity contribution in [1.82, 2.24) is 15.0 Å². The first-order chi connectivity index (χ1) is 4.93. The molecule has 0 aliphatic rings. The van der Waals surface area contributed by atoms with Crippen molar-refractivity contribution >= 4 is 11.6 Å². The van der Waals surface area contributed by atoms with Gasteiger partial charge in [0.1, 0.15) is 19.3 Å². The van der Waals surface area contributed by atoms with E-state index in [0.717, 1.165) is 0 Å². The van der Waals surface area contributed by atoms with E-state index in [2.05, 4.69) is 15.0 Å². The van der Waals surface area contributed by atoms with Crippen LogP contribution in [0.4, 0.5) is 0 Å². The van der Waals surface area contributed by atoms with Crippen LogP contribution in [0.5, 0.6) is 6.01 Å². The summed E-state index contributed by atoms with van der Waals surface area (Å²) in [5.74, 6) is 0.436. The third kappa shape index (κ3) is 2.14. The number of halogens is 1. The predicted octanol–water partition coefficient (Wildman–Crippen LogP) is 0.489. The van der Waals surface area contributed by atoms with Crippen LogP contribution in [0.15, 0.2) is 12.7 Å². The second kappa shape index (κ2) is 4.00. The summed E-state index contributed by atoms with van der Waals surface area (Å²) >= 11 is 5.36. The Labute approximate surface area is 63.2 Å². The van der Waals surface area contributed by atoms with Crippen LogP contribution < -0.4 is 4.74 Å². The van der Waals surface area contributed by atoms with E-state index in [4.69, 9.17) is 16.3 Å². The van der Waals surface area contributed by atoms with Gasteiger partial charge in [-0.15, -0.1) is 11.6 Å². The van der Waals surface area contributed by atoms with Gasteiger partial charge in [-0.2, -0.15) is 9.97 Å². The summed E-state index contributed by atoms with van der Waals surface area (Å²) in [6, 6.07) is 0.315. The number of hydrogen-bond acceptors (Lipinski definition) is 4. The van der Waals surface area contributed by atoms with Crippen LogP contribution in [-0.4, -0.2) is 27.4 Å². The molecule has 1 rings (SSSR count). The molecule has 0 saturated carbocycles. The second-order valence-electron chi connectivity index (χ2n) is 1.46. The maximum absolute atomic E-state index is 5.36. The van der Waals surface area contributed by atoms with Crippen LogP contribution in [0, 0.1) is 0 Å². The molecule has 0 atom stereocenters. The van der Waals surface area contributed by atoms with Crippen LogP contribution in [0.3, 0.4) is 0 Å². The van der Waals surface area contributed by atoms with E-state index in [0.29, 0.717) is 18.5 Å². The van der Waals surface area contributed by atoms with Crippen molar-refractivity contribution in [3.05, 3.63) is 12.7 Å². The zero-order valence-corrected chi connectivity index (χ0v) is 5.95. The number of alkyl halides is 1. The highest BCUT2D eigenvalue weighted by Gasteiger charge is 1.91. The van der Waals surface area contributed by atoms with Crippen molar-refractivity contribution < 1.29 is 4.74 Å². The maximum atomic E-state index is 5.36. The fourth-order valence-electron chi connectivity index (χ4n) is 0.433. The second-order valence-corrected chi connectivity index (χ2v) is 1.84. The summed E-state index contributed by atoms with van der Waals surface area (Å²) in [4.78, 5) is 11.0. The minimum Gasteiger partial charge on any atom is -0.462 e. The first kappa shape index (κ1) is 7.21. The normalized spacial score (nSPS) is 9.30. The third-order valence-electron chi connectivity index (χ3n) is 0.778. The topological polar surface area (TPSA) is 47.9 Å². The van der Waals surface area contributed by atoms with Crippen LogP contribution in [0.25, 0.3) is 0 Å². The van der Waals surface area contributed by atoms with E-state index in [-0.39, 0.29) is 0 Å². The third-order valence-corrected chi connectivity index (χ3v) is 0.932. The smallest absolute Gasteiger partial charge is 0.319 e. The Hall–Kier alpha value is -0.900. The predicted molar refractivity (Wildman–Crippen MR) is 36.0 cm³/mol. The summed E-state index contributed by atoms with van der Waals surface area (Å²) in [5.41, 5.74) is 0. The van der Waals surface area contributed by atoms with Gasteiger partial charge in [-0.05, 0) is 0 Å². The molecular formula is C5H6ClN3O. The molecule has 0 fully saturated rings. The minimum absolute atomic E-state index is 0.315. The molecule has 0 aliphatic heterocycles. The molecule has 1 aromatic rings. The molecule has 1 aromatic heterocycles. The standard InChI is InChI=1S/C5H6ClN3O/c6-1-2-10-5-8-3-7-4-9-5/h3-4H,1-2H2. The van der Waals surface area contributed by atoms with Gasteiger partial charge in [-0.25, -0.2) is 4.98 Å². The van der Waals surface area contributed by atoms with Gasteiger partial charge in [0.2, 0.25) is 0 Å². The van der Waals surface area contributed by atoms with Gasteiger partial charge in [-0.1, -0.05) is 0 Å². The lowest BCUT2D eigenvalue weighted by atomic mass is 10.8. The van der Waals surface area contributed by atoms with Gasteiger partial charge in [-0.3, -0.25) is 0 Å². The first-order valence-electron chi connectivity index (χ1n) is 2.74. The number of hydrogen-bond donors (Lipinski definition) is 0. The Kier molecular flexibility index (Phi) is 2.89. The summed E-state index contributed by atoms with van der Waals surface area (Å²) in [5, 5.41) is 0. The number of rotatable bonds is 3. The maximum Gasteiger partial charge on any atom is 0.319 e. The fourth-order valence-corrected chi connectivity index (χ4v) is 0.510. The lowest BCUT2D eigenvalue weighted by molar-refractivity contribution is 0.313. The molecule has 54 valence electrons. The average molecular weight is 160 g/mol. The molecule has 0 radical (unpaired) electrons. The van der Waals surface area contributed by atoms with Gasteiger partial charge in [0.15, 0.2) is 0 Å². The van der Waals surface area contributed by atoms with Crippen LogP contribution in [0.1, 0.15) is 0 Å². The molecule has 0 bridgehead atoms. The van der Waals surface area contributed by atoms with Gasteiger partial charge >= 0.3 is 6.01 Å². The molecule has 0 aromatic carbocycles. The van der Waals surface area contributed by atoms with Gasteiger partial charge in [0, 0.05) is 0 Å². The minimum atomic E-state index is 0.315. The Balaban J connectivity index is 2.43. The van der Waals surface area contributed by atoms with E-state index >= 15 is 0 Å². The fraction of sp³-hybridized carbons (Fsp3) is 0.400. The highest BCUT2D eigenvalue weighted by Crippen LogP contribution is 1.94. The van der Waals surface area contributed by atoms with Crippen molar-refractivity contribution in [3.63, 3.8) is 0 Å². The Bertz CT molecular complexity index is 182. The molecule has 5 heteroatoms. The molecule has 0 saturated heterocycles. The van der Waals surface area contributed by atoms with Crippen molar-refractivity contribution in [2.45, 2.75) is 0 Å². The van der Waals surface area contributed by atoms with E-state index < -0.39 is 0 Å². The molecule has 0 spiro atoms. The number of nitrogens with zero attached hydrogens (tertiary/aromatic N) is 3. The Morgan fingerprint density at radius 1 is 1.40 bits per heavy atom. The highest BCUT2D eigenvalue weighted by atomic mass is 35.5. The SMILES string of the molecule is ClCCOc1ncncn1. The van der Waals surface area contributed by atoms with E-state index in [1.165, 1.54) is 12.7 Å². The Morgan fingerprint density at radius 2 is 2.10 bits per heavy atom.